The summed E-state index contributed by atoms with van der Waals surface area (Å²) in [5, 5.41) is 4.95. The Morgan fingerprint density at radius 2 is 2.17 bits per heavy atom. The Kier molecular flexibility index (Phi) is 2.52. The molecule has 0 radical (unpaired) electrons. The maximum Gasteiger partial charge on any atom is 0.230 e. The Morgan fingerprint density at radius 3 is 2.94 bits per heavy atom. The number of fused-ring (bicyclic) bond motifs is 1. The minimum atomic E-state index is 0.365. The van der Waals surface area contributed by atoms with Gasteiger partial charge in [-0.15, -0.1) is 11.3 Å². The molecule has 18 heavy (non-hydrogen) atoms. The van der Waals surface area contributed by atoms with Crippen molar-refractivity contribution in [1.29, 1.82) is 0 Å². The predicted molar refractivity (Wildman–Crippen MR) is 71.9 cm³/mol. The molecular weight excluding hydrogens is 248 g/mol. The number of aromatic nitrogens is 4. The Balaban J connectivity index is 2.02. The molecule has 3 rings (SSSR count). The molecule has 3 heterocycles. The SMILES string of the molecule is Cc1ncc(Nc2nc(N)c3ncccc3n2)s1. The summed E-state index contributed by atoms with van der Waals surface area (Å²) in [6, 6.07) is 3.67. The van der Waals surface area contributed by atoms with Gasteiger partial charge in [-0.05, 0) is 19.1 Å². The molecule has 0 atom stereocenters. The summed E-state index contributed by atoms with van der Waals surface area (Å²) in [6.07, 6.45) is 3.41. The molecule has 0 aliphatic heterocycles. The van der Waals surface area contributed by atoms with Gasteiger partial charge >= 0.3 is 0 Å². The second kappa shape index (κ2) is 4.19. The lowest BCUT2D eigenvalue weighted by Gasteiger charge is -2.04. The summed E-state index contributed by atoms with van der Waals surface area (Å²) >= 11 is 1.54. The first-order valence-corrected chi connectivity index (χ1v) is 6.12. The number of rotatable bonds is 2. The van der Waals surface area contributed by atoms with Gasteiger partial charge in [0.25, 0.3) is 0 Å². The van der Waals surface area contributed by atoms with Crippen molar-refractivity contribution in [3.8, 4) is 0 Å². The van der Waals surface area contributed by atoms with Crippen LogP contribution in [0.2, 0.25) is 0 Å². The largest absolute Gasteiger partial charge is 0.382 e. The van der Waals surface area contributed by atoms with Crippen molar-refractivity contribution in [2.24, 2.45) is 0 Å². The zero-order chi connectivity index (χ0) is 12.5. The third-order valence-corrected chi connectivity index (χ3v) is 3.17. The van der Waals surface area contributed by atoms with Crippen molar-refractivity contribution in [3.05, 3.63) is 29.5 Å². The molecule has 3 N–H and O–H groups in total. The van der Waals surface area contributed by atoms with Crippen LogP contribution in [0.25, 0.3) is 11.0 Å². The molecule has 0 fully saturated rings. The van der Waals surface area contributed by atoms with E-state index < -0.39 is 0 Å². The van der Waals surface area contributed by atoms with Gasteiger partial charge in [0.2, 0.25) is 5.95 Å². The Bertz CT molecular complexity index is 708. The van der Waals surface area contributed by atoms with E-state index in [1.54, 1.807) is 12.4 Å². The van der Waals surface area contributed by atoms with E-state index in [0.29, 0.717) is 22.8 Å². The highest BCUT2D eigenvalue weighted by Gasteiger charge is 2.07. The van der Waals surface area contributed by atoms with Gasteiger partial charge in [0.1, 0.15) is 10.5 Å². The number of nitrogens with zero attached hydrogens (tertiary/aromatic N) is 4. The monoisotopic (exact) mass is 258 g/mol. The third-order valence-electron chi connectivity index (χ3n) is 2.34. The lowest BCUT2D eigenvalue weighted by molar-refractivity contribution is 1.20. The van der Waals surface area contributed by atoms with Crippen molar-refractivity contribution in [2.75, 3.05) is 11.1 Å². The number of nitrogen functional groups attached to an aromatic ring is 1. The van der Waals surface area contributed by atoms with Gasteiger partial charge in [-0.2, -0.15) is 4.98 Å². The van der Waals surface area contributed by atoms with Crippen LogP contribution in [0.1, 0.15) is 5.01 Å². The van der Waals surface area contributed by atoms with Gasteiger partial charge in [0, 0.05) is 6.20 Å². The van der Waals surface area contributed by atoms with Crippen molar-refractivity contribution < 1.29 is 0 Å². The molecule has 6 nitrogen and oxygen atoms in total. The van der Waals surface area contributed by atoms with Crippen molar-refractivity contribution in [2.45, 2.75) is 6.92 Å². The second-order valence-corrected chi connectivity index (χ2v) is 4.91. The summed E-state index contributed by atoms with van der Waals surface area (Å²) in [5.41, 5.74) is 7.18. The zero-order valence-electron chi connectivity index (χ0n) is 9.58. The fraction of sp³-hybridized carbons (Fsp3) is 0.0909. The van der Waals surface area contributed by atoms with Crippen LogP contribution in [0, 0.1) is 6.92 Å². The molecule has 3 aromatic rings. The van der Waals surface area contributed by atoms with E-state index in [2.05, 4.69) is 25.3 Å². The van der Waals surface area contributed by atoms with Gasteiger partial charge in [-0.3, -0.25) is 4.98 Å². The maximum absolute atomic E-state index is 5.85. The first kappa shape index (κ1) is 10.8. The fourth-order valence-electron chi connectivity index (χ4n) is 1.58. The molecule has 0 aromatic carbocycles. The molecule has 3 aromatic heterocycles. The van der Waals surface area contributed by atoms with E-state index in [0.717, 1.165) is 10.0 Å². The number of anilines is 3. The summed E-state index contributed by atoms with van der Waals surface area (Å²) in [5.74, 6) is 0.820. The molecular formula is C11H10N6S. The molecule has 7 heteroatoms. The van der Waals surface area contributed by atoms with Gasteiger partial charge in [-0.25, -0.2) is 9.97 Å². The number of hydrogen-bond donors (Lipinski definition) is 2. The van der Waals surface area contributed by atoms with E-state index in [9.17, 15) is 0 Å². The normalized spacial score (nSPS) is 10.7. The van der Waals surface area contributed by atoms with Gasteiger partial charge in [0.15, 0.2) is 5.82 Å². The van der Waals surface area contributed by atoms with Gasteiger partial charge in [-0.1, -0.05) is 0 Å². The molecule has 0 aliphatic rings. The van der Waals surface area contributed by atoms with Gasteiger partial charge in [0.05, 0.1) is 16.7 Å². The van der Waals surface area contributed by atoms with Crippen LogP contribution in [0.3, 0.4) is 0 Å². The highest BCUT2D eigenvalue weighted by atomic mass is 32.1. The molecule has 0 bridgehead atoms. The predicted octanol–water partition coefficient (Wildman–Crippen LogP) is 2.12. The zero-order valence-corrected chi connectivity index (χ0v) is 10.4. The van der Waals surface area contributed by atoms with E-state index in [1.807, 2.05) is 19.1 Å². The van der Waals surface area contributed by atoms with Crippen molar-refractivity contribution in [3.63, 3.8) is 0 Å². The van der Waals surface area contributed by atoms with E-state index in [-0.39, 0.29) is 0 Å². The Morgan fingerprint density at radius 1 is 1.28 bits per heavy atom. The minimum Gasteiger partial charge on any atom is -0.382 e. The minimum absolute atomic E-state index is 0.365. The average Bonchev–Trinajstić information content (AvgIpc) is 2.75. The fourth-order valence-corrected chi connectivity index (χ4v) is 2.25. The third kappa shape index (κ3) is 1.95. The molecule has 0 unspecified atom stereocenters. The van der Waals surface area contributed by atoms with E-state index >= 15 is 0 Å². The summed E-state index contributed by atoms with van der Waals surface area (Å²) in [7, 11) is 0. The van der Waals surface area contributed by atoms with Crippen molar-refractivity contribution >= 4 is 39.1 Å². The average molecular weight is 258 g/mol. The van der Waals surface area contributed by atoms with Crippen LogP contribution in [0.15, 0.2) is 24.5 Å². The molecule has 0 spiro atoms. The van der Waals surface area contributed by atoms with Gasteiger partial charge < -0.3 is 11.1 Å². The summed E-state index contributed by atoms with van der Waals surface area (Å²) in [6.45, 7) is 1.94. The molecule has 0 amide bonds. The topological polar surface area (TPSA) is 89.6 Å². The number of aryl methyl sites for hydroxylation is 1. The van der Waals surface area contributed by atoms with Crippen LogP contribution < -0.4 is 11.1 Å². The number of thiazole rings is 1. The summed E-state index contributed by atoms with van der Waals surface area (Å²) < 4.78 is 0. The first-order chi connectivity index (χ1) is 8.72. The Labute approximate surface area is 107 Å². The quantitative estimate of drug-likeness (QED) is 0.731. The highest BCUT2D eigenvalue weighted by Crippen LogP contribution is 2.23. The second-order valence-electron chi connectivity index (χ2n) is 3.67. The maximum atomic E-state index is 5.85. The summed E-state index contributed by atoms with van der Waals surface area (Å²) in [4.78, 5) is 16.8. The number of nitrogens with two attached hydrogens (primary N) is 1. The van der Waals surface area contributed by atoms with Crippen LogP contribution in [-0.2, 0) is 0 Å². The first-order valence-electron chi connectivity index (χ1n) is 5.30. The number of hydrogen-bond acceptors (Lipinski definition) is 7. The van der Waals surface area contributed by atoms with Crippen LogP contribution in [0.5, 0.6) is 0 Å². The lowest BCUT2D eigenvalue weighted by Crippen LogP contribution is -2.01. The standard InChI is InChI=1S/C11H10N6S/c1-6-14-5-8(18-6)16-11-15-7-3-2-4-13-9(7)10(12)17-11/h2-5H,1H3,(H3,12,15,16,17). The lowest BCUT2D eigenvalue weighted by atomic mass is 10.3. The van der Waals surface area contributed by atoms with E-state index in [4.69, 9.17) is 5.73 Å². The van der Waals surface area contributed by atoms with Crippen LogP contribution in [0.4, 0.5) is 16.8 Å². The smallest absolute Gasteiger partial charge is 0.230 e. The molecule has 0 saturated heterocycles. The van der Waals surface area contributed by atoms with Crippen molar-refractivity contribution in [1.82, 2.24) is 19.9 Å². The number of pyridine rings is 1. The number of nitrogens with one attached hydrogen (secondary N) is 1. The molecule has 0 saturated carbocycles. The van der Waals surface area contributed by atoms with Crippen LogP contribution in [-0.4, -0.2) is 19.9 Å². The van der Waals surface area contributed by atoms with E-state index in [1.165, 1.54) is 11.3 Å². The highest BCUT2D eigenvalue weighted by molar-refractivity contribution is 7.15. The Hall–Kier alpha value is -2.28. The molecule has 90 valence electrons. The molecule has 0 aliphatic carbocycles. The van der Waals surface area contributed by atoms with Crippen LogP contribution >= 0.6 is 11.3 Å².